The summed E-state index contributed by atoms with van der Waals surface area (Å²) in [5, 5.41) is 15.0. The zero-order chi connectivity index (χ0) is 18.8. The summed E-state index contributed by atoms with van der Waals surface area (Å²) in [5.74, 6) is -1.26. The van der Waals surface area contributed by atoms with E-state index in [0.29, 0.717) is 4.90 Å². The number of nitrogens with zero attached hydrogens (tertiary/aromatic N) is 4. The summed E-state index contributed by atoms with van der Waals surface area (Å²) < 4.78 is 9.79. The molecule has 1 aliphatic rings. The third-order valence-corrected chi connectivity index (χ3v) is 2.87. The lowest BCUT2D eigenvalue weighted by Crippen LogP contribution is -2.38. The van der Waals surface area contributed by atoms with E-state index in [4.69, 9.17) is 9.15 Å². The van der Waals surface area contributed by atoms with Gasteiger partial charge in [0.25, 0.3) is 5.91 Å². The predicted octanol–water partition coefficient (Wildman–Crippen LogP) is 1.97. The molecule has 1 saturated heterocycles. The summed E-state index contributed by atoms with van der Waals surface area (Å²) in [4.78, 5) is 46.0. The van der Waals surface area contributed by atoms with E-state index in [1.807, 2.05) is 20.8 Å². The molecule has 1 aliphatic heterocycles. The number of carbonyl (C=O) groups excluding carboxylic acids is 3. The first-order valence-corrected chi connectivity index (χ1v) is 7.18. The zero-order valence-electron chi connectivity index (χ0n) is 13.8. The van der Waals surface area contributed by atoms with Gasteiger partial charge in [0.05, 0.1) is 18.9 Å². The van der Waals surface area contributed by atoms with Crippen molar-refractivity contribution in [1.82, 2.24) is 9.91 Å². The van der Waals surface area contributed by atoms with Crippen LogP contribution in [-0.4, -0.2) is 52.2 Å². The van der Waals surface area contributed by atoms with Gasteiger partial charge >= 0.3 is 18.0 Å². The second-order valence-corrected chi connectivity index (χ2v) is 6.36. The molecule has 2 heterocycles. The minimum absolute atomic E-state index is 0.0145. The fourth-order valence-corrected chi connectivity index (χ4v) is 1.74. The number of hydrazone groups is 1. The van der Waals surface area contributed by atoms with E-state index in [1.165, 1.54) is 6.07 Å². The van der Waals surface area contributed by atoms with Gasteiger partial charge in [0.2, 0.25) is 0 Å². The van der Waals surface area contributed by atoms with Crippen LogP contribution in [0.5, 0.6) is 0 Å². The Morgan fingerprint density at radius 2 is 2.12 bits per heavy atom. The maximum Gasteiger partial charge on any atom is 0.433 e. The maximum atomic E-state index is 12.1. The highest BCUT2D eigenvalue weighted by Crippen LogP contribution is 2.18. The van der Waals surface area contributed by atoms with E-state index in [9.17, 15) is 24.5 Å². The first-order chi connectivity index (χ1) is 11.6. The number of urea groups is 1. The van der Waals surface area contributed by atoms with Crippen molar-refractivity contribution in [3.63, 3.8) is 0 Å². The third kappa shape index (κ3) is 4.40. The van der Waals surface area contributed by atoms with E-state index in [2.05, 4.69) is 5.10 Å². The molecule has 0 radical (unpaired) electrons. The van der Waals surface area contributed by atoms with Crippen LogP contribution in [0.15, 0.2) is 21.7 Å². The number of amides is 4. The molecule has 25 heavy (non-hydrogen) atoms. The summed E-state index contributed by atoms with van der Waals surface area (Å²) >= 11 is 0. The molecule has 0 aliphatic carbocycles. The van der Waals surface area contributed by atoms with Crippen molar-refractivity contribution in [1.29, 1.82) is 0 Å². The van der Waals surface area contributed by atoms with Gasteiger partial charge in [-0.25, -0.2) is 14.6 Å². The SMILES string of the molecule is CC(C)(C)COC(=O)N1C(=O)CN(/N=C/c2ccc([N+](=O)[O-])o2)C1=O. The number of hydrogen-bond acceptors (Lipinski definition) is 8. The summed E-state index contributed by atoms with van der Waals surface area (Å²) in [6.07, 6.45) is -0.0430. The largest absolute Gasteiger partial charge is 0.448 e. The van der Waals surface area contributed by atoms with Crippen LogP contribution < -0.4 is 0 Å². The third-order valence-electron chi connectivity index (χ3n) is 2.87. The quantitative estimate of drug-likeness (QED) is 0.350. The van der Waals surface area contributed by atoms with Crippen LogP contribution in [0.2, 0.25) is 0 Å². The Morgan fingerprint density at radius 3 is 2.68 bits per heavy atom. The average Bonchev–Trinajstić information content (AvgIpc) is 3.07. The Bertz CT molecular complexity index is 747. The summed E-state index contributed by atoms with van der Waals surface area (Å²) in [5.41, 5.74) is -0.326. The van der Waals surface area contributed by atoms with Crippen molar-refractivity contribution in [2.45, 2.75) is 20.8 Å². The zero-order valence-corrected chi connectivity index (χ0v) is 13.8. The fraction of sp³-hybridized carbons (Fsp3) is 0.429. The molecule has 2 rings (SSSR count). The van der Waals surface area contributed by atoms with Gasteiger partial charge in [-0.05, 0) is 11.5 Å². The van der Waals surface area contributed by atoms with Crippen LogP contribution in [0, 0.1) is 15.5 Å². The van der Waals surface area contributed by atoms with Gasteiger partial charge in [0, 0.05) is 0 Å². The second kappa shape index (κ2) is 6.71. The highest BCUT2D eigenvalue weighted by molar-refractivity contribution is 6.13. The Morgan fingerprint density at radius 1 is 1.44 bits per heavy atom. The molecule has 0 atom stereocenters. The molecule has 0 aromatic carbocycles. The summed E-state index contributed by atoms with van der Waals surface area (Å²) in [7, 11) is 0. The topological polar surface area (TPSA) is 136 Å². The van der Waals surface area contributed by atoms with E-state index < -0.39 is 35.4 Å². The number of carbonyl (C=O) groups is 3. The highest BCUT2D eigenvalue weighted by atomic mass is 16.6. The normalized spacial score (nSPS) is 15.3. The average molecular weight is 352 g/mol. The number of hydrogen-bond donors (Lipinski definition) is 0. The highest BCUT2D eigenvalue weighted by Gasteiger charge is 2.42. The van der Waals surface area contributed by atoms with Gasteiger partial charge in [-0.1, -0.05) is 20.8 Å². The van der Waals surface area contributed by atoms with Crippen LogP contribution >= 0.6 is 0 Å². The maximum absolute atomic E-state index is 12.1. The van der Waals surface area contributed by atoms with E-state index in [0.717, 1.165) is 17.3 Å². The molecule has 0 unspecified atom stereocenters. The lowest BCUT2D eigenvalue weighted by atomic mass is 9.99. The van der Waals surface area contributed by atoms with Crippen molar-refractivity contribution in [2.75, 3.05) is 13.2 Å². The first-order valence-electron chi connectivity index (χ1n) is 7.18. The monoisotopic (exact) mass is 352 g/mol. The number of imide groups is 3. The number of ether oxygens (including phenoxy) is 1. The van der Waals surface area contributed by atoms with Crippen LogP contribution in [0.3, 0.4) is 0 Å². The molecule has 11 nitrogen and oxygen atoms in total. The molecule has 4 amide bonds. The lowest BCUT2D eigenvalue weighted by molar-refractivity contribution is -0.402. The van der Waals surface area contributed by atoms with Gasteiger partial charge in [-0.3, -0.25) is 14.9 Å². The predicted molar refractivity (Wildman–Crippen MR) is 82.7 cm³/mol. The van der Waals surface area contributed by atoms with Gasteiger partial charge in [-0.2, -0.15) is 10.0 Å². The van der Waals surface area contributed by atoms with Crippen LogP contribution in [0.1, 0.15) is 26.5 Å². The summed E-state index contributed by atoms with van der Waals surface area (Å²) in [6, 6.07) is 1.43. The van der Waals surface area contributed by atoms with E-state index in [1.54, 1.807) is 0 Å². The molecule has 1 fully saturated rings. The van der Waals surface area contributed by atoms with Crippen LogP contribution in [0.25, 0.3) is 0 Å². The van der Waals surface area contributed by atoms with Crippen LogP contribution in [-0.2, 0) is 9.53 Å². The molecule has 134 valence electrons. The Balaban J connectivity index is 2.03. The number of rotatable bonds is 4. The molecule has 1 aromatic heterocycles. The van der Waals surface area contributed by atoms with Crippen molar-refractivity contribution < 1.29 is 28.5 Å². The Labute approximate surface area is 142 Å². The van der Waals surface area contributed by atoms with E-state index >= 15 is 0 Å². The molecule has 0 saturated carbocycles. The molecular formula is C14H16N4O7. The van der Waals surface area contributed by atoms with Gasteiger partial charge in [0.15, 0.2) is 5.76 Å². The molecule has 11 heteroatoms. The Hall–Kier alpha value is -3.24. The standard InChI is InChI=1S/C14H16N4O7/c1-14(2,3)8-24-13(21)17-10(19)7-16(12(17)20)15-6-9-4-5-11(25-9)18(22)23/h4-6H,7-8H2,1-3H3/b15-6+. The fourth-order valence-electron chi connectivity index (χ4n) is 1.74. The molecular weight excluding hydrogens is 336 g/mol. The Kier molecular flexibility index (Phi) is 4.86. The lowest BCUT2D eigenvalue weighted by Gasteiger charge is -2.19. The summed E-state index contributed by atoms with van der Waals surface area (Å²) in [6.45, 7) is 5.05. The molecule has 0 N–H and O–H groups in total. The van der Waals surface area contributed by atoms with Gasteiger partial charge in [-0.15, -0.1) is 0 Å². The van der Waals surface area contributed by atoms with E-state index in [-0.39, 0.29) is 17.8 Å². The van der Waals surface area contributed by atoms with Crippen molar-refractivity contribution in [2.24, 2.45) is 10.5 Å². The van der Waals surface area contributed by atoms with Crippen LogP contribution in [0.4, 0.5) is 15.5 Å². The molecule has 1 aromatic rings. The van der Waals surface area contributed by atoms with Crippen molar-refractivity contribution in [3.8, 4) is 0 Å². The number of furan rings is 1. The molecule has 0 bridgehead atoms. The minimum Gasteiger partial charge on any atom is -0.448 e. The smallest absolute Gasteiger partial charge is 0.433 e. The number of nitro groups is 1. The minimum atomic E-state index is -1.07. The van der Waals surface area contributed by atoms with Crippen molar-refractivity contribution in [3.05, 3.63) is 28.0 Å². The second-order valence-electron chi connectivity index (χ2n) is 6.36. The van der Waals surface area contributed by atoms with Crippen molar-refractivity contribution >= 4 is 30.1 Å². The molecule has 0 spiro atoms. The first kappa shape index (κ1) is 18.1. The van der Waals surface area contributed by atoms with Gasteiger partial charge < -0.3 is 9.15 Å². The van der Waals surface area contributed by atoms with Gasteiger partial charge in [0.1, 0.15) is 11.5 Å².